The highest BCUT2D eigenvalue weighted by Crippen LogP contribution is 2.39. The van der Waals surface area contributed by atoms with Crippen LogP contribution >= 0.6 is 0 Å². The Bertz CT molecular complexity index is 943. The molecule has 0 radical (unpaired) electrons. The van der Waals surface area contributed by atoms with Crippen molar-refractivity contribution in [3.8, 4) is 5.75 Å². The van der Waals surface area contributed by atoms with Gasteiger partial charge in [-0.2, -0.15) is 13.2 Å². The summed E-state index contributed by atoms with van der Waals surface area (Å²) in [5.41, 5.74) is -0.569. The Morgan fingerprint density at radius 3 is 2.52 bits per heavy atom. The summed E-state index contributed by atoms with van der Waals surface area (Å²) in [6, 6.07) is 7.21. The minimum Gasteiger partial charge on any atom is -0.490 e. The molecule has 0 aliphatic heterocycles. The molecule has 3 aromatic rings. The van der Waals surface area contributed by atoms with Crippen LogP contribution in [0.4, 0.5) is 13.2 Å². The van der Waals surface area contributed by atoms with Gasteiger partial charge in [0.2, 0.25) is 0 Å². The van der Waals surface area contributed by atoms with E-state index in [-0.39, 0.29) is 35.6 Å². The van der Waals surface area contributed by atoms with Crippen molar-refractivity contribution >= 4 is 16.9 Å². The third-order valence-corrected chi connectivity index (χ3v) is 4.22. The number of hydrogen-bond donors (Lipinski definition) is 0. The zero-order chi connectivity index (χ0) is 19.6. The van der Waals surface area contributed by atoms with Crippen LogP contribution < -0.4 is 4.74 Å². The first-order chi connectivity index (χ1) is 12.8. The van der Waals surface area contributed by atoms with Crippen LogP contribution in [0.5, 0.6) is 5.75 Å². The first-order valence-corrected chi connectivity index (χ1v) is 8.43. The standard InChI is InChI=1S/C19H19F3N2O3/c1-3-26-18(25)15-12-13-14(19(20,21)22)6-7-16(17(13)23(15)2)27-11-10-24-8-4-5-9-24/h4-9,12H,3,10-11H2,1-2H3. The summed E-state index contributed by atoms with van der Waals surface area (Å²) < 4.78 is 54.2. The van der Waals surface area contributed by atoms with Crippen molar-refractivity contribution in [3.63, 3.8) is 0 Å². The van der Waals surface area contributed by atoms with Gasteiger partial charge in [0, 0.05) is 24.8 Å². The number of halogens is 3. The molecule has 27 heavy (non-hydrogen) atoms. The lowest BCUT2D eigenvalue weighted by atomic mass is 10.1. The number of ether oxygens (including phenoxy) is 2. The highest BCUT2D eigenvalue weighted by molar-refractivity contribution is 5.99. The largest absolute Gasteiger partial charge is 0.490 e. The van der Waals surface area contributed by atoms with E-state index in [9.17, 15) is 18.0 Å². The van der Waals surface area contributed by atoms with Gasteiger partial charge in [0.15, 0.2) is 0 Å². The van der Waals surface area contributed by atoms with E-state index < -0.39 is 17.7 Å². The maximum absolute atomic E-state index is 13.4. The number of aryl methyl sites for hydroxylation is 1. The number of hydrogen-bond acceptors (Lipinski definition) is 3. The highest BCUT2D eigenvalue weighted by Gasteiger charge is 2.34. The smallest absolute Gasteiger partial charge is 0.417 e. The molecule has 1 aromatic carbocycles. The average Bonchev–Trinajstić information content (AvgIpc) is 3.22. The Kier molecular flexibility index (Phi) is 5.16. The predicted octanol–water partition coefficient (Wildman–Crippen LogP) is 4.25. The summed E-state index contributed by atoms with van der Waals surface area (Å²) in [7, 11) is 1.52. The number of alkyl halides is 3. The van der Waals surface area contributed by atoms with Crippen molar-refractivity contribution < 1.29 is 27.4 Å². The van der Waals surface area contributed by atoms with Crippen molar-refractivity contribution in [3.05, 3.63) is 54.0 Å². The number of carbonyl (C=O) groups excluding carboxylic acids is 1. The summed E-state index contributed by atoms with van der Waals surface area (Å²) in [5, 5.41) is -0.0912. The molecule has 0 amide bonds. The zero-order valence-electron chi connectivity index (χ0n) is 14.9. The van der Waals surface area contributed by atoms with Gasteiger partial charge in [-0.25, -0.2) is 4.79 Å². The molecule has 8 heteroatoms. The number of carbonyl (C=O) groups is 1. The van der Waals surface area contributed by atoms with Crippen LogP contribution in [0.15, 0.2) is 42.7 Å². The van der Waals surface area contributed by atoms with Crippen molar-refractivity contribution in [1.82, 2.24) is 9.13 Å². The molecule has 0 saturated carbocycles. The molecule has 2 aromatic heterocycles. The average molecular weight is 380 g/mol. The van der Waals surface area contributed by atoms with Crippen LogP contribution in [-0.4, -0.2) is 28.3 Å². The normalized spacial score (nSPS) is 11.7. The fourth-order valence-electron chi connectivity index (χ4n) is 2.98. The molecule has 0 atom stereocenters. The molecule has 0 spiro atoms. The minimum absolute atomic E-state index is 0.0406. The predicted molar refractivity (Wildman–Crippen MR) is 93.8 cm³/mol. The summed E-state index contributed by atoms with van der Waals surface area (Å²) in [6.45, 7) is 2.59. The van der Waals surface area contributed by atoms with Gasteiger partial charge in [-0.15, -0.1) is 0 Å². The van der Waals surface area contributed by atoms with Gasteiger partial charge in [0.05, 0.1) is 24.2 Å². The third-order valence-electron chi connectivity index (χ3n) is 4.22. The highest BCUT2D eigenvalue weighted by atomic mass is 19.4. The van der Waals surface area contributed by atoms with Crippen molar-refractivity contribution in [1.29, 1.82) is 0 Å². The quantitative estimate of drug-likeness (QED) is 0.601. The Balaban J connectivity index is 2.01. The molecule has 0 N–H and O–H groups in total. The van der Waals surface area contributed by atoms with Crippen LogP contribution in [0.3, 0.4) is 0 Å². The molecule has 0 bridgehead atoms. The fourth-order valence-corrected chi connectivity index (χ4v) is 2.98. The molecule has 0 saturated heterocycles. The summed E-state index contributed by atoms with van der Waals surface area (Å²) >= 11 is 0. The van der Waals surface area contributed by atoms with E-state index in [1.807, 2.05) is 29.1 Å². The van der Waals surface area contributed by atoms with Gasteiger partial charge in [-0.1, -0.05) is 0 Å². The molecule has 144 valence electrons. The number of rotatable bonds is 6. The summed E-state index contributed by atoms with van der Waals surface area (Å²) in [4.78, 5) is 12.1. The molecule has 2 heterocycles. The maximum atomic E-state index is 13.4. The van der Waals surface area contributed by atoms with E-state index in [0.29, 0.717) is 6.54 Å². The van der Waals surface area contributed by atoms with E-state index in [0.717, 1.165) is 6.07 Å². The lowest BCUT2D eigenvalue weighted by Crippen LogP contribution is -2.11. The number of esters is 1. The van der Waals surface area contributed by atoms with E-state index in [1.165, 1.54) is 23.7 Å². The molecule has 0 aliphatic carbocycles. The minimum atomic E-state index is -4.55. The third kappa shape index (κ3) is 3.79. The maximum Gasteiger partial charge on any atom is 0.417 e. The molecular formula is C19H19F3N2O3. The fraction of sp³-hybridized carbons (Fsp3) is 0.316. The van der Waals surface area contributed by atoms with Gasteiger partial charge < -0.3 is 18.6 Å². The van der Waals surface area contributed by atoms with Crippen LogP contribution in [0.1, 0.15) is 23.0 Å². The first-order valence-electron chi connectivity index (χ1n) is 8.43. The second-order valence-corrected chi connectivity index (χ2v) is 5.95. The molecule has 0 aliphatic rings. The molecule has 0 fully saturated rings. The second-order valence-electron chi connectivity index (χ2n) is 5.95. The van der Waals surface area contributed by atoms with Gasteiger partial charge in [-0.3, -0.25) is 0 Å². The van der Waals surface area contributed by atoms with Crippen molar-refractivity contribution in [2.45, 2.75) is 19.6 Å². The Morgan fingerprint density at radius 1 is 1.19 bits per heavy atom. The molecular weight excluding hydrogens is 361 g/mol. The Hall–Kier alpha value is -2.90. The van der Waals surface area contributed by atoms with E-state index in [4.69, 9.17) is 9.47 Å². The number of fused-ring (bicyclic) bond motifs is 1. The molecule has 0 unspecified atom stereocenters. The lowest BCUT2D eigenvalue weighted by Gasteiger charge is -2.14. The SMILES string of the molecule is CCOC(=O)c1cc2c(C(F)(F)F)ccc(OCCn3cccc3)c2n1C. The Morgan fingerprint density at radius 2 is 1.89 bits per heavy atom. The topological polar surface area (TPSA) is 45.4 Å². The van der Waals surface area contributed by atoms with E-state index in [2.05, 4.69) is 0 Å². The summed E-state index contributed by atoms with van der Waals surface area (Å²) in [5.74, 6) is -0.397. The van der Waals surface area contributed by atoms with Crippen molar-refractivity contribution in [2.75, 3.05) is 13.2 Å². The first kappa shape index (κ1) is 18.9. The van der Waals surface area contributed by atoms with Crippen LogP contribution in [-0.2, 0) is 24.5 Å². The van der Waals surface area contributed by atoms with Crippen LogP contribution in [0.2, 0.25) is 0 Å². The van der Waals surface area contributed by atoms with Gasteiger partial charge in [0.25, 0.3) is 0 Å². The molecule has 5 nitrogen and oxygen atoms in total. The number of benzene rings is 1. The number of aromatic nitrogens is 2. The Labute approximate surface area is 153 Å². The zero-order valence-corrected chi connectivity index (χ0v) is 14.9. The van der Waals surface area contributed by atoms with Crippen LogP contribution in [0.25, 0.3) is 10.9 Å². The monoisotopic (exact) mass is 380 g/mol. The van der Waals surface area contributed by atoms with Crippen molar-refractivity contribution in [2.24, 2.45) is 7.05 Å². The number of nitrogens with zero attached hydrogens (tertiary/aromatic N) is 2. The van der Waals surface area contributed by atoms with Gasteiger partial charge in [-0.05, 0) is 37.3 Å². The second kappa shape index (κ2) is 7.38. The van der Waals surface area contributed by atoms with E-state index in [1.54, 1.807) is 6.92 Å². The lowest BCUT2D eigenvalue weighted by molar-refractivity contribution is -0.136. The van der Waals surface area contributed by atoms with Crippen LogP contribution in [0, 0.1) is 0 Å². The van der Waals surface area contributed by atoms with Gasteiger partial charge in [0.1, 0.15) is 18.1 Å². The van der Waals surface area contributed by atoms with Gasteiger partial charge >= 0.3 is 12.1 Å². The van der Waals surface area contributed by atoms with E-state index >= 15 is 0 Å². The molecule has 3 rings (SSSR count). The summed E-state index contributed by atoms with van der Waals surface area (Å²) in [6.07, 6.45) is -0.810.